The summed E-state index contributed by atoms with van der Waals surface area (Å²) in [7, 11) is 1.65. The van der Waals surface area contributed by atoms with Gasteiger partial charge in [-0.3, -0.25) is 14.4 Å². The van der Waals surface area contributed by atoms with Crippen LogP contribution in [0.25, 0.3) is 0 Å². The maximum atomic E-state index is 12.2. The summed E-state index contributed by atoms with van der Waals surface area (Å²) in [5, 5.41) is 2.98. The molecule has 6 heteroatoms. The lowest BCUT2D eigenvalue weighted by Gasteiger charge is -2.33. The van der Waals surface area contributed by atoms with Gasteiger partial charge in [-0.05, 0) is 30.4 Å². The average Bonchev–Trinajstić information content (AvgIpc) is 3.03. The molecule has 2 heterocycles. The van der Waals surface area contributed by atoms with Crippen LogP contribution in [0.2, 0.25) is 0 Å². The van der Waals surface area contributed by atoms with E-state index in [0.717, 1.165) is 12.0 Å². The van der Waals surface area contributed by atoms with Crippen LogP contribution in [-0.4, -0.2) is 59.7 Å². The van der Waals surface area contributed by atoms with Crippen molar-refractivity contribution in [3.8, 4) is 0 Å². The number of benzene rings is 1. The zero-order valence-electron chi connectivity index (χ0n) is 14.8. The first-order valence-electron chi connectivity index (χ1n) is 8.89. The van der Waals surface area contributed by atoms with Crippen LogP contribution < -0.4 is 5.32 Å². The summed E-state index contributed by atoms with van der Waals surface area (Å²) in [6.45, 7) is 2.68. The molecule has 0 aliphatic carbocycles. The van der Waals surface area contributed by atoms with Crippen LogP contribution in [-0.2, 0) is 27.2 Å². The van der Waals surface area contributed by atoms with Crippen molar-refractivity contribution in [2.45, 2.75) is 44.7 Å². The third kappa shape index (κ3) is 3.83. The van der Waals surface area contributed by atoms with Crippen molar-refractivity contribution in [3.05, 3.63) is 35.4 Å². The Balaban J connectivity index is 1.50. The number of fused-ring (bicyclic) bond motifs is 1. The Labute approximate surface area is 148 Å². The van der Waals surface area contributed by atoms with E-state index in [1.54, 1.807) is 11.9 Å². The highest BCUT2D eigenvalue weighted by Gasteiger charge is 2.44. The van der Waals surface area contributed by atoms with Crippen LogP contribution in [0.4, 0.5) is 0 Å². The third-order valence-electron chi connectivity index (χ3n) is 5.09. The highest BCUT2D eigenvalue weighted by Crippen LogP contribution is 2.23. The van der Waals surface area contributed by atoms with E-state index in [-0.39, 0.29) is 30.3 Å². The van der Waals surface area contributed by atoms with Gasteiger partial charge in [0.25, 0.3) is 0 Å². The Hall–Kier alpha value is -2.37. The van der Waals surface area contributed by atoms with Crippen LogP contribution in [0.3, 0.4) is 0 Å². The van der Waals surface area contributed by atoms with E-state index < -0.39 is 6.04 Å². The van der Waals surface area contributed by atoms with Crippen molar-refractivity contribution < 1.29 is 14.4 Å². The normalized spacial score (nSPS) is 23.0. The van der Waals surface area contributed by atoms with E-state index in [2.05, 4.69) is 36.5 Å². The van der Waals surface area contributed by atoms with Gasteiger partial charge in [0.1, 0.15) is 6.04 Å². The highest BCUT2D eigenvalue weighted by atomic mass is 16.2. The van der Waals surface area contributed by atoms with Crippen LogP contribution in [0.15, 0.2) is 24.3 Å². The van der Waals surface area contributed by atoms with Gasteiger partial charge in [0.2, 0.25) is 17.7 Å². The van der Waals surface area contributed by atoms with Gasteiger partial charge in [0, 0.05) is 26.1 Å². The number of piperazine rings is 1. The first kappa shape index (κ1) is 17.5. The molecule has 2 aliphatic rings. The summed E-state index contributed by atoms with van der Waals surface area (Å²) < 4.78 is 0. The molecule has 2 atom stereocenters. The highest BCUT2D eigenvalue weighted by molar-refractivity contribution is 5.95. The molecule has 2 saturated heterocycles. The predicted molar refractivity (Wildman–Crippen MR) is 93.8 cm³/mol. The van der Waals surface area contributed by atoms with Crippen LogP contribution >= 0.6 is 0 Å². The molecule has 1 N–H and O–H groups in total. The molecule has 0 spiro atoms. The van der Waals surface area contributed by atoms with Gasteiger partial charge in [-0.25, -0.2) is 0 Å². The Bertz CT molecular complexity index is 671. The molecule has 0 radical (unpaired) electrons. The van der Waals surface area contributed by atoms with Crippen molar-refractivity contribution in [3.63, 3.8) is 0 Å². The molecule has 2 aliphatic heterocycles. The molecule has 25 heavy (non-hydrogen) atoms. The van der Waals surface area contributed by atoms with Gasteiger partial charge >= 0.3 is 0 Å². The van der Waals surface area contributed by atoms with Gasteiger partial charge < -0.3 is 15.1 Å². The average molecular weight is 343 g/mol. The number of rotatable bonds is 5. The third-order valence-corrected chi connectivity index (χ3v) is 5.09. The molecule has 6 nitrogen and oxygen atoms in total. The van der Waals surface area contributed by atoms with Gasteiger partial charge in [0.05, 0.1) is 6.54 Å². The first-order valence-corrected chi connectivity index (χ1v) is 8.89. The van der Waals surface area contributed by atoms with Crippen LogP contribution in [0.1, 0.15) is 30.9 Å². The standard InChI is InChI=1S/C19H25N3O3/c1-3-13-4-6-14(7-5-13)8-9-17(23)20-15-10-16-19(25)21(2)12-18(24)22(16)11-15/h4-7,15-16H,3,8-12H2,1-2H3,(H,20,23)/t15-,16+/m1/s1. The summed E-state index contributed by atoms with van der Waals surface area (Å²) >= 11 is 0. The number of nitrogens with one attached hydrogen (secondary N) is 1. The lowest BCUT2D eigenvalue weighted by Crippen LogP contribution is -2.55. The van der Waals surface area contributed by atoms with E-state index in [1.165, 1.54) is 10.5 Å². The number of nitrogens with zero attached hydrogens (tertiary/aromatic N) is 2. The fourth-order valence-corrected chi connectivity index (χ4v) is 3.58. The Morgan fingerprint density at radius 2 is 1.88 bits per heavy atom. The smallest absolute Gasteiger partial charge is 0.245 e. The zero-order valence-corrected chi connectivity index (χ0v) is 14.8. The van der Waals surface area contributed by atoms with E-state index in [4.69, 9.17) is 0 Å². The molecule has 0 unspecified atom stereocenters. The fraction of sp³-hybridized carbons (Fsp3) is 0.526. The largest absolute Gasteiger partial charge is 0.351 e. The van der Waals surface area contributed by atoms with E-state index in [1.807, 2.05) is 0 Å². The lowest BCUT2D eigenvalue weighted by molar-refractivity contribution is -0.152. The number of aryl methyl sites for hydroxylation is 2. The van der Waals surface area contributed by atoms with Crippen LogP contribution in [0.5, 0.6) is 0 Å². The summed E-state index contributed by atoms with van der Waals surface area (Å²) in [5.74, 6) is -0.107. The molecule has 0 saturated carbocycles. The molecule has 1 aromatic carbocycles. The van der Waals surface area contributed by atoms with Crippen molar-refractivity contribution in [2.75, 3.05) is 20.1 Å². The molecule has 3 rings (SSSR count). The first-order chi connectivity index (χ1) is 12.0. The molecule has 3 amide bonds. The Kier molecular flexibility index (Phi) is 5.06. The summed E-state index contributed by atoms with van der Waals surface area (Å²) in [4.78, 5) is 39.5. The number of hydrogen-bond donors (Lipinski definition) is 1. The minimum atomic E-state index is -0.418. The summed E-state index contributed by atoms with van der Waals surface area (Å²) in [5.41, 5.74) is 2.43. The van der Waals surface area contributed by atoms with E-state index >= 15 is 0 Å². The number of likely N-dealkylation sites (N-methyl/N-ethyl adjacent to an activating group) is 1. The van der Waals surface area contributed by atoms with Crippen molar-refractivity contribution >= 4 is 17.7 Å². The quantitative estimate of drug-likeness (QED) is 0.857. The van der Waals surface area contributed by atoms with E-state index in [9.17, 15) is 14.4 Å². The second kappa shape index (κ2) is 7.25. The maximum absolute atomic E-state index is 12.2. The Morgan fingerprint density at radius 3 is 2.56 bits per heavy atom. The molecular weight excluding hydrogens is 318 g/mol. The molecular formula is C19H25N3O3. The molecule has 2 fully saturated rings. The van der Waals surface area contributed by atoms with Crippen molar-refractivity contribution in [2.24, 2.45) is 0 Å². The number of carbonyl (C=O) groups is 3. The Morgan fingerprint density at radius 1 is 1.20 bits per heavy atom. The van der Waals surface area contributed by atoms with Gasteiger partial charge in [-0.1, -0.05) is 31.2 Å². The molecule has 1 aromatic rings. The zero-order chi connectivity index (χ0) is 18.0. The predicted octanol–water partition coefficient (Wildman–Crippen LogP) is 0.739. The molecule has 0 bridgehead atoms. The number of hydrogen-bond acceptors (Lipinski definition) is 3. The van der Waals surface area contributed by atoms with Crippen LogP contribution in [0, 0.1) is 0 Å². The number of carbonyl (C=O) groups excluding carboxylic acids is 3. The topological polar surface area (TPSA) is 69.7 Å². The van der Waals surface area contributed by atoms with Gasteiger partial charge in [-0.15, -0.1) is 0 Å². The SMILES string of the molecule is CCc1ccc(CCC(=O)N[C@@H]2C[C@H]3C(=O)N(C)CC(=O)N3C2)cc1. The second-order valence-electron chi connectivity index (χ2n) is 6.93. The molecule has 0 aromatic heterocycles. The van der Waals surface area contributed by atoms with E-state index in [0.29, 0.717) is 25.8 Å². The summed E-state index contributed by atoms with van der Waals surface area (Å²) in [6, 6.07) is 7.76. The maximum Gasteiger partial charge on any atom is 0.245 e. The fourth-order valence-electron chi connectivity index (χ4n) is 3.58. The van der Waals surface area contributed by atoms with Gasteiger partial charge in [-0.2, -0.15) is 0 Å². The second-order valence-corrected chi connectivity index (χ2v) is 6.93. The lowest BCUT2D eigenvalue weighted by atomic mass is 10.1. The summed E-state index contributed by atoms with van der Waals surface area (Å²) in [6.07, 6.45) is 2.61. The minimum absolute atomic E-state index is 0.0299. The van der Waals surface area contributed by atoms with Crippen molar-refractivity contribution in [1.29, 1.82) is 0 Å². The number of amides is 3. The molecule has 134 valence electrons. The van der Waals surface area contributed by atoms with Crippen molar-refractivity contribution in [1.82, 2.24) is 15.1 Å². The monoisotopic (exact) mass is 343 g/mol. The van der Waals surface area contributed by atoms with Gasteiger partial charge in [0.15, 0.2) is 0 Å². The minimum Gasteiger partial charge on any atom is -0.351 e.